The number of carbonyl (C=O) groups is 1. The van der Waals surface area contributed by atoms with E-state index in [-0.39, 0.29) is 24.5 Å². The monoisotopic (exact) mass is 496 g/mol. The molecule has 1 aliphatic rings. The number of nitrogens with zero attached hydrogens (tertiary/aromatic N) is 2. The van der Waals surface area contributed by atoms with Crippen LogP contribution in [0.3, 0.4) is 0 Å². The summed E-state index contributed by atoms with van der Waals surface area (Å²) in [5.41, 5.74) is 4.05. The lowest BCUT2D eigenvalue weighted by atomic mass is 10.1. The molecular weight excluding hydrogens is 472 g/mol. The number of nitriles is 1. The van der Waals surface area contributed by atoms with Gasteiger partial charge in [-0.05, 0) is 55.8 Å². The molecule has 0 aliphatic carbocycles. The highest BCUT2D eigenvalue weighted by atomic mass is 32.2. The summed E-state index contributed by atoms with van der Waals surface area (Å²) >= 11 is 1.22. The molecule has 180 valence electrons. The van der Waals surface area contributed by atoms with Gasteiger partial charge in [0.05, 0.1) is 28.8 Å². The fourth-order valence-corrected chi connectivity index (χ4v) is 4.49. The summed E-state index contributed by atoms with van der Waals surface area (Å²) < 4.78 is 11.0. The molecule has 6 nitrogen and oxygen atoms in total. The van der Waals surface area contributed by atoms with Crippen LogP contribution in [0.2, 0.25) is 0 Å². The van der Waals surface area contributed by atoms with Crippen molar-refractivity contribution in [1.29, 1.82) is 5.26 Å². The summed E-state index contributed by atoms with van der Waals surface area (Å²) in [7, 11) is 0. The predicted molar refractivity (Wildman–Crippen MR) is 142 cm³/mol. The van der Waals surface area contributed by atoms with Gasteiger partial charge in [-0.25, -0.2) is 9.79 Å². The van der Waals surface area contributed by atoms with Gasteiger partial charge in [-0.3, -0.25) is 0 Å². The molecule has 1 N–H and O–H groups in total. The molecule has 3 aromatic carbocycles. The van der Waals surface area contributed by atoms with Crippen LogP contribution in [0.1, 0.15) is 29.2 Å². The van der Waals surface area contributed by atoms with Crippen LogP contribution in [0.15, 0.2) is 94.0 Å². The van der Waals surface area contributed by atoms with Crippen LogP contribution in [-0.4, -0.2) is 22.7 Å². The number of aliphatic hydroxyl groups excluding tert-OH is 1. The zero-order valence-electron chi connectivity index (χ0n) is 19.9. The van der Waals surface area contributed by atoms with E-state index in [4.69, 9.17) is 9.47 Å². The molecular formula is C29H24N2O4S. The van der Waals surface area contributed by atoms with Gasteiger partial charge < -0.3 is 14.6 Å². The van der Waals surface area contributed by atoms with E-state index in [1.807, 2.05) is 73.7 Å². The average Bonchev–Trinajstić information content (AvgIpc) is 3.19. The molecule has 0 aromatic heterocycles. The van der Waals surface area contributed by atoms with Gasteiger partial charge in [-0.2, -0.15) is 5.26 Å². The van der Waals surface area contributed by atoms with Gasteiger partial charge >= 0.3 is 5.97 Å². The molecule has 0 atom stereocenters. The molecule has 4 rings (SSSR count). The topological polar surface area (TPSA) is 91.9 Å². The second-order valence-electron chi connectivity index (χ2n) is 7.93. The highest BCUT2D eigenvalue weighted by Crippen LogP contribution is 2.40. The Bertz CT molecular complexity index is 1400. The molecule has 0 fully saturated rings. The number of ether oxygens (including phenoxy) is 2. The minimum absolute atomic E-state index is 0.0600. The highest BCUT2D eigenvalue weighted by molar-refractivity contribution is 8.18. The maximum Gasteiger partial charge on any atom is 0.344 e. The van der Waals surface area contributed by atoms with E-state index in [0.717, 1.165) is 16.7 Å². The van der Waals surface area contributed by atoms with Crippen molar-refractivity contribution in [1.82, 2.24) is 0 Å². The first-order chi connectivity index (χ1) is 17.5. The average molecular weight is 497 g/mol. The highest BCUT2D eigenvalue weighted by Gasteiger charge is 2.33. The molecule has 1 aliphatic heterocycles. The minimum Gasteiger partial charge on any atom is -0.506 e. The van der Waals surface area contributed by atoms with E-state index in [0.29, 0.717) is 26.9 Å². The van der Waals surface area contributed by atoms with Gasteiger partial charge in [0.25, 0.3) is 0 Å². The molecule has 36 heavy (non-hydrogen) atoms. The van der Waals surface area contributed by atoms with Crippen LogP contribution >= 0.6 is 11.8 Å². The quantitative estimate of drug-likeness (QED) is 0.369. The van der Waals surface area contributed by atoms with Gasteiger partial charge in [0.1, 0.15) is 28.7 Å². The Kier molecular flexibility index (Phi) is 7.89. The smallest absolute Gasteiger partial charge is 0.344 e. The number of hydrogen-bond acceptors (Lipinski definition) is 7. The zero-order valence-corrected chi connectivity index (χ0v) is 20.7. The molecule has 0 radical (unpaired) electrons. The number of hydrogen-bond donors (Lipinski definition) is 1. The molecule has 1 heterocycles. The van der Waals surface area contributed by atoms with E-state index >= 15 is 0 Å². The number of aryl methyl sites for hydroxylation is 1. The molecule has 0 bridgehead atoms. The third-order valence-corrected chi connectivity index (χ3v) is 6.36. The number of thioether (sulfide) groups is 1. The second kappa shape index (κ2) is 11.4. The molecule has 7 heteroatoms. The summed E-state index contributed by atoms with van der Waals surface area (Å²) in [6, 6.07) is 24.4. The SMILES string of the molecule is CCOC(=O)C1=C(O)/C(=C\c2ccc(OCc3ccccc3C#N)cc2)SC1=Nc1ccc(C)cc1. The molecule has 0 unspecified atom stereocenters. The van der Waals surface area contributed by atoms with Crippen molar-refractivity contribution < 1.29 is 19.4 Å². The first kappa shape index (κ1) is 24.8. The summed E-state index contributed by atoms with van der Waals surface area (Å²) in [6.07, 6.45) is 1.78. The van der Waals surface area contributed by atoms with Gasteiger partial charge in [0.15, 0.2) is 0 Å². The van der Waals surface area contributed by atoms with E-state index in [1.54, 1.807) is 19.1 Å². The standard InChI is InChI=1S/C29H24N2O4S/c1-3-34-29(33)26-27(32)25(36-28(26)31-23-12-8-19(2)9-13-23)16-20-10-14-24(15-11-20)35-18-22-7-5-4-6-21(22)17-30/h4-16,32H,3,18H2,1-2H3/b25-16+,31-28?. The number of esters is 1. The molecule has 0 saturated carbocycles. The Morgan fingerprint density at radius 1 is 1.08 bits per heavy atom. The number of aliphatic hydroxyl groups is 1. The molecule has 0 amide bonds. The van der Waals surface area contributed by atoms with Crippen LogP contribution in [0.5, 0.6) is 5.75 Å². The maximum atomic E-state index is 12.6. The third kappa shape index (κ3) is 5.85. The summed E-state index contributed by atoms with van der Waals surface area (Å²) in [5, 5.41) is 20.5. The van der Waals surface area contributed by atoms with Crippen molar-refractivity contribution in [3.8, 4) is 11.8 Å². The Morgan fingerprint density at radius 2 is 1.81 bits per heavy atom. The fraction of sp³-hybridized carbons (Fsp3) is 0.138. The summed E-state index contributed by atoms with van der Waals surface area (Å²) in [6.45, 7) is 4.18. The van der Waals surface area contributed by atoms with Crippen molar-refractivity contribution in [2.45, 2.75) is 20.5 Å². The van der Waals surface area contributed by atoms with E-state index in [1.165, 1.54) is 11.8 Å². The van der Waals surface area contributed by atoms with E-state index in [2.05, 4.69) is 11.1 Å². The van der Waals surface area contributed by atoms with Gasteiger partial charge in [-0.1, -0.05) is 59.8 Å². The summed E-state index contributed by atoms with van der Waals surface area (Å²) in [5.74, 6) is -0.117. The first-order valence-electron chi connectivity index (χ1n) is 11.4. The van der Waals surface area contributed by atoms with Crippen molar-refractivity contribution in [2.75, 3.05) is 6.61 Å². The Hall–Kier alpha value is -4.28. The summed E-state index contributed by atoms with van der Waals surface area (Å²) in [4.78, 5) is 17.7. The van der Waals surface area contributed by atoms with Gasteiger partial charge in [0.2, 0.25) is 0 Å². The Morgan fingerprint density at radius 3 is 2.50 bits per heavy atom. The van der Waals surface area contributed by atoms with Crippen LogP contribution in [-0.2, 0) is 16.1 Å². The minimum atomic E-state index is -0.613. The van der Waals surface area contributed by atoms with Gasteiger partial charge in [0, 0.05) is 5.56 Å². The van der Waals surface area contributed by atoms with Crippen LogP contribution in [0, 0.1) is 18.3 Å². The van der Waals surface area contributed by atoms with Crippen molar-refractivity contribution in [2.24, 2.45) is 4.99 Å². The van der Waals surface area contributed by atoms with E-state index in [9.17, 15) is 15.2 Å². The fourth-order valence-electron chi connectivity index (χ4n) is 3.46. The third-order valence-electron chi connectivity index (χ3n) is 5.34. The van der Waals surface area contributed by atoms with E-state index < -0.39 is 5.97 Å². The maximum absolute atomic E-state index is 12.6. The van der Waals surface area contributed by atoms with Crippen LogP contribution in [0.4, 0.5) is 5.69 Å². The number of aliphatic imine (C=N–C) groups is 1. The molecule has 0 saturated heterocycles. The largest absolute Gasteiger partial charge is 0.506 e. The normalized spacial score (nSPS) is 15.2. The zero-order chi connectivity index (χ0) is 25.5. The molecule has 3 aromatic rings. The number of benzene rings is 3. The van der Waals surface area contributed by atoms with Crippen molar-refractivity contribution >= 4 is 34.5 Å². The Balaban J connectivity index is 1.55. The number of carbonyl (C=O) groups excluding carboxylic acids is 1. The number of rotatable bonds is 7. The molecule has 0 spiro atoms. The Labute approximate surface area is 214 Å². The second-order valence-corrected chi connectivity index (χ2v) is 8.96. The van der Waals surface area contributed by atoms with Gasteiger partial charge in [-0.15, -0.1) is 0 Å². The lowest BCUT2D eigenvalue weighted by molar-refractivity contribution is -0.138. The lowest BCUT2D eigenvalue weighted by Crippen LogP contribution is -2.12. The first-order valence-corrected chi connectivity index (χ1v) is 12.2. The van der Waals surface area contributed by atoms with Crippen LogP contribution in [0.25, 0.3) is 6.08 Å². The van der Waals surface area contributed by atoms with Crippen molar-refractivity contribution in [3.05, 3.63) is 111 Å². The van der Waals surface area contributed by atoms with Crippen LogP contribution < -0.4 is 4.74 Å². The predicted octanol–water partition coefficient (Wildman–Crippen LogP) is 6.64. The van der Waals surface area contributed by atoms with Crippen molar-refractivity contribution in [3.63, 3.8) is 0 Å². The lowest BCUT2D eigenvalue weighted by Gasteiger charge is -2.08.